The fraction of sp³-hybridized carbons (Fsp3) is 0.154. The molecule has 0 saturated carbocycles. The van der Waals surface area contributed by atoms with Gasteiger partial charge in [-0.1, -0.05) is 29.8 Å². The molecule has 2 aromatic heterocycles. The number of rotatable bonds is 7. The van der Waals surface area contributed by atoms with Crippen molar-refractivity contribution in [1.82, 2.24) is 15.0 Å². The summed E-state index contributed by atoms with van der Waals surface area (Å²) in [7, 11) is 0. The summed E-state index contributed by atoms with van der Waals surface area (Å²) in [6.45, 7) is 5.87. The molecule has 166 valence electrons. The second-order valence-electron chi connectivity index (χ2n) is 7.95. The van der Waals surface area contributed by atoms with Crippen LogP contribution in [-0.2, 0) is 11.2 Å². The molecular weight excluding hydrogens is 412 g/mol. The molecule has 2 heterocycles. The highest BCUT2D eigenvalue weighted by molar-refractivity contribution is 5.92. The number of carbonyl (C=O) groups is 1. The lowest BCUT2D eigenvalue weighted by Gasteiger charge is -2.11. The highest BCUT2D eigenvalue weighted by Crippen LogP contribution is 2.21. The van der Waals surface area contributed by atoms with Crippen molar-refractivity contribution >= 4 is 34.7 Å². The second-order valence-corrected chi connectivity index (χ2v) is 7.95. The van der Waals surface area contributed by atoms with E-state index in [0.29, 0.717) is 23.9 Å². The largest absolute Gasteiger partial charge is 0.340 e. The second kappa shape index (κ2) is 9.91. The number of pyridine rings is 1. The van der Waals surface area contributed by atoms with E-state index in [-0.39, 0.29) is 5.91 Å². The van der Waals surface area contributed by atoms with Crippen molar-refractivity contribution in [2.45, 2.75) is 27.2 Å². The highest BCUT2D eigenvalue weighted by atomic mass is 16.1. The topological polar surface area (TPSA) is 91.8 Å². The zero-order valence-electron chi connectivity index (χ0n) is 18.9. The van der Waals surface area contributed by atoms with Gasteiger partial charge in [0, 0.05) is 23.6 Å². The number of nitrogens with zero attached hydrogens (tertiary/aromatic N) is 3. The van der Waals surface area contributed by atoms with E-state index in [2.05, 4.69) is 30.9 Å². The highest BCUT2D eigenvalue weighted by Gasteiger charge is 2.07. The Morgan fingerprint density at radius 3 is 2.18 bits per heavy atom. The zero-order chi connectivity index (χ0) is 23.2. The molecule has 0 aliphatic heterocycles. The minimum atomic E-state index is -0.0480. The lowest BCUT2D eigenvalue weighted by Crippen LogP contribution is -2.14. The van der Waals surface area contributed by atoms with Crippen LogP contribution >= 0.6 is 0 Å². The molecule has 0 aliphatic carbocycles. The number of hydrogen-bond donors (Lipinski definition) is 3. The van der Waals surface area contributed by atoms with E-state index in [0.717, 1.165) is 33.9 Å². The maximum absolute atomic E-state index is 12.4. The van der Waals surface area contributed by atoms with Crippen LogP contribution in [0.15, 0.2) is 72.9 Å². The molecule has 3 N–H and O–H groups in total. The molecule has 0 unspecified atom stereocenters. The van der Waals surface area contributed by atoms with Gasteiger partial charge in [-0.15, -0.1) is 0 Å². The van der Waals surface area contributed by atoms with E-state index >= 15 is 0 Å². The molecule has 1 amide bonds. The van der Waals surface area contributed by atoms with Crippen LogP contribution in [0.1, 0.15) is 22.5 Å². The van der Waals surface area contributed by atoms with Crippen LogP contribution in [0.3, 0.4) is 0 Å². The summed E-state index contributed by atoms with van der Waals surface area (Å²) >= 11 is 0. The van der Waals surface area contributed by atoms with Gasteiger partial charge in [-0.25, -0.2) is 15.0 Å². The summed E-state index contributed by atoms with van der Waals surface area (Å²) < 4.78 is 0. The molecule has 2 aromatic carbocycles. The van der Waals surface area contributed by atoms with Crippen LogP contribution < -0.4 is 16.0 Å². The molecule has 0 spiro atoms. The van der Waals surface area contributed by atoms with Gasteiger partial charge in [0.2, 0.25) is 5.91 Å². The molecule has 0 bridgehead atoms. The first-order chi connectivity index (χ1) is 15.9. The predicted octanol–water partition coefficient (Wildman–Crippen LogP) is 5.47. The van der Waals surface area contributed by atoms with Gasteiger partial charge in [-0.2, -0.15) is 0 Å². The van der Waals surface area contributed by atoms with Gasteiger partial charge >= 0.3 is 0 Å². The van der Waals surface area contributed by atoms with Crippen molar-refractivity contribution in [3.8, 4) is 0 Å². The van der Waals surface area contributed by atoms with E-state index in [9.17, 15) is 4.79 Å². The minimum absolute atomic E-state index is 0.0480. The Kier molecular flexibility index (Phi) is 6.59. The smallest absolute Gasteiger partial charge is 0.228 e. The first-order valence-electron chi connectivity index (χ1n) is 10.7. The quantitative estimate of drug-likeness (QED) is 0.355. The van der Waals surface area contributed by atoms with Gasteiger partial charge in [-0.3, -0.25) is 4.79 Å². The maximum atomic E-state index is 12.4. The van der Waals surface area contributed by atoms with E-state index in [1.54, 1.807) is 6.20 Å². The van der Waals surface area contributed by atoms with E-state index in [4.69, 9.17) is 0 Å². The van der Waals surface area contributed by atoms with Crippen LogP contribution in [0.5, 0.6) is 0 Å². The van der Waals surface area contributed by atoms with E-state index in [1.807, 2.05) is 87.5 Å². The van der Waals surface area contributed by atoms with Gasteiger partial charge in [0.25, 0.3) is 0 Å². The SMILES string of the molecule is Cc1cccc(CC(=O)Nc2ccc(Nc3cc(Nc4cc(C)ccn4)nc(C)n3)cc2)c1. The summed E-state index contributed by atoms with van der Waals surface area (Å²) in [6.07, 6.45) is 2.10. The number of nitrogens with one attached hydrogen (secondary N) is 3. The summed E-state index contributed by atoms with van der Waals surface area (Å²) in [5.41, 5.74) is 4.84. The molecule has 0 aliphatic rings. The number of carbonyl (C=O) groups excluding carboxylic acids is 1. The van der Waals surface area contributed by atoms with E-state index < -0.39 is 0 Å². The molecule has 7 nitrogen and oxygen atoms in total. The third-order valence-corrected chi connectivity index (χ3v) is 4.90. The third-order valence-electron chi connectivity index (χ3n) is 4.90. The Morgan fingerprint density at radius 2 is 1.45 bits per heavy atom. The van der Waals surface area contributed by atoms with Gasteiger partial charge in [-0.05, 0) is 68.3 Å². The van der Waals surface area contributed by atoms with Crippen molar-refractivity contribution in [2.75, 3.05) is 16.0 Å². The predicted molar refractivity (Wildman–Crippen MR) is 132 cm³/mol. The monoisotopic (exact) mass is 438 g/mol. The number of hydrogen-bond acceptors (Lipinski definition) is 6. The lowest BCUT2D eigenvalue weighted by atomic mass is 10.1. The molecule has 0 atom stereocenters. The summed E-state index contributed by atoms with van der Waals surface area (Å²) in [5.74, 6) is 2.63. The number of benzene rings is 2. The van der Waals surface area contributed by atoms with Gasteiger partial charge in [0.1, 0.15) is 23.3 Å². The molecular formula is C26H26N6O. The van der Waals surface area contributed by atoms with Crippen LogP contribution in [0, 0.1) is 20.8 Å². The summed E-state index contributed by atoms with van der Waals surface area (Å²) in [4.78, 5) is 25.6. The Bertz CT molecular complexity index is 1270. The van der Waals surface area contributed by atoms with E-state index in [1.165, 1.54) is 0 Å². The van der Waals surface area contributed by atoms with Crippen LogP contribution in [0.25, 0.3) is 0 Å². The standard InChI is InChI=1S/C26H26N6O/c1-17-5-4-6-20(13-17)15-26(33)31-22-9-7-21(8-10-22)30-24-16-25(29-19(3)28-24)32-23-14-18(2)11-12-27-23/h4-14,16H,15H2,1-3H3,(H,31,33)(H2,27,28,29,30,32). The fourth-order valence-electron chi connectivity index (χ4n) is 3.43. The zero-order valence-corrected chi connectivity index (χ0v) is 18.9. The number of aromatic nitrogens is 3. The summed E-state index contributed by atoms with van der Waals surface area (Å²) in [5, 5.41) is 9.44. The number of anilines is 5. The molecule has 0 fully saturated rings. The first kappa shape index (κ1) is 22.0. The molecule has 33 heavy (non-hydrogen) atoms. The molecule has 0 saturated heterocycles. The Hall–Kier alpha value is -4.26. The molecule has 4 aromatic rings. The fourth-order valence-corrected chi connectivity index (χ4v) is 3.43. The molecule has 0 radical (unpaired) electrons. The number of amides is 1. The average Bonchev–Trinajstić information content (AvgIpc) is 2.75. The first-order valence-corrected chi connectivity index (χ1v) is 10.7. The van der Waals surface area contributed by atoms with Crippen LogP contribution in [0.2, 0.25) is 0 Å². The Morgan fingerprint density at radius 1 is 0.758 bits per heavy atom. The van der Waals surface area contributed by atoms with Crippen molar-refractivity contribution in [3.05, 3.63) is 95.4 Å². The average molecular weight is 439 g/mol. The van der Waals surface area contributed by atoms with Gasteiger partial charge in [0.15, 0.2) is 0 Å². The molecule has 7 heteroatoms. The third kappa shape index (κ3) is 6.36. The Balaban J connectivity index is 1.39. The van der Waals surface area contributed by atoms with Crippen LogP contribution in [0.4, 0.5) is 28.8 Å². The van der Waals surface area contributed by atoms with Crippen molar-refractivity contribution in [1.29, 1.82) is 0 Å². The molecule has 4 rings (SSSR count). The minimum Gasteiger partial charge on any atom is -0.340 e. The van der Waals surface area contributed by atoms with Crippen molar-refractivity contribution in [2.24, 2.45) is 0 Å². The number of aryl methyl sites for hydroxylation is 3. The lowest BCUT2D eigenvalue weighted by molar-refractivity contribution is -0.115. The summed E-state index contributed by atoms with van der Waals surface area (Å²) in [6, 6.07) is 21.2. The van der Waals surface area contributed by atoms with Crippen LogP contribution in [-0.4, -0.2) is 20.9 Å². The van der Waals surface area contributed by atoms with Crippen molar-refractivity contribution in [3.63, 3.8) is 0 Å². The normalized spacial score (nSPS) is 10.5. The Labute approximate surface area is 193 Å². The van der Waals surface area contributed by atoms with Crippen molar-refractivity contribution < 1.29 is 4.79 Å². The van der Waals surface area contributed by atoms with Gasteiger partial charge in [0.05, 0.1) is 6.42 Å². The maximum Gasteiger partial charge on any atom is 0.228 e. The van der Waals surface area contributed by atoms with Gasteiger partial charge < -0.3 is 16.0 Å².